The van der Waals surface area contributed by atoms with Crippen molar-refractivity contribution in [1.29, 1.82) is 0 Å². The zero-order valence-electron chi connectivity index (χ0n) is 13.2. The summed E-state index contributed by atoms with van der Waals surface area (Å²) in [5.74, 6) is 0.852. The fourth-order valence-electron chi connectivity index (χ4n) is 2.84. The molecule has 0 radical (unpaired) electrons. The SMILES string of the molecule is COCCOCCOC1(CNC2CC2)CCC(C)CC1. The van der Waals surface area contributed by atoms with Crippen LogP contribution in [0.5, 0.6) is 0 Å². The number of ether oxygens (including phenoxy) is 3. The van der Waals surface area contributed by atoms with Crippen molar-refractivity contribution in [3.8, 4) is 0 Å². The predicted octanol–water partition coefficient (Wildman–Crippen LogP) is 2.37. The Bertz CT molecular complexity index is 260. The fraction of sp³-hybridized carbons (Fsp3) is 1.00. The minimum absolute atomic E-state index is 0.0553. The molecule has 20 heavy (non-hydrogen) atoms. The zero-order chi connectivity index (χ0) is 14.3. The van der Waals surface area contributed by atoms with Gasteiger partial charge in [0.25, 0.3) is 0 Å². The average molecular weight is 285 g/mol. The van der Waals surface area contributed by atoms with Crippen molar-refractivity contribution in [1.82, 2.24) is 5.32 Å². The first-order chi connectivity index (χ1) is 9.74. The molecule has 1 N–H and O–H groups in total. The maximum absolute atomic E-state index is 6.25. The van der Waals surface area contributed by atoms with E-state index in [1.54, 1.807) is 7.11 Å². The van der Waals surface area contributed by atoms with Gasteiger partial charge in [-0.05, 0) is 44.4 Å². The quantitative estimate of drug-likeness (QED) is 0.626. The smallest absolute Gasteiger partial charge is 0.0807 e. The lowest BCUT2D eigenvalue weighted by Crippen LogP contribution is -2.47. The molecule has 0 amide bonds. The lowest BCUT2D eigenvalue weighted by atomic mass is 9.79. The Balaban J connectivity index is 1.67. The maximum atomic E-state index is 6.25. The van der Waals surface area contributed by atoms with E-state index in [-0.39, 0.29) is 5.60 Å². The highest BCUT2D eigenvalue weighted by Gasteiger charge is 2.36. The van der Waals surface area contributed by atoms with Crippen LogP contribution in [-0.4, -0.2) is 51.7 Å². The Morgan fingerprint density at radius 2 is 1.70 bits per heavy atom. The number of hydrogen-bond acceptors (Lipinski definition) is 4. The number of hydrogen-bond donors (Lipinski definition) is 1. The van der Waals surface area contributed by atoms with E-state index >= 15 is 0 Å². The van der Waals surface area contributed by atoms with Gasteiger partial charge in [-0.2, -0.15) is 0 Å². The van der Waals surface area contributed by atoms with Crippen LogP contribution in [0.25, 0.3) is 0 Å². The molecule has 0 aliphatic heterocycles. The van der Waals surface area contributed by atoms with Crippen LogP contribution >= 0.6 is 0 Å². The van der Waals surface area contributed by atoms with Gasteiger partial charge in [0.2, 0.25) is 0 Å². The Morgan fingerprint density at radius 1 is 1.00 bits per heavy atom. The van der Waals surface area contributed by atoms with E-state index in [9.17, 15) is 0 Å². The Morgan fingerprint density at radius 3 is 2.35 bits per heavy atom. The van der Waals surface area contributed by atoms with E-state index in [1.165, 1.54) is 38.5 Å². The van der Waals surface area contributed by atoms with E-state index in [4.69, 9.17) is 14.2 Å². The normalized spacial score (nSPS) is 30.6. The van der Waals surface area contributed by atoms with Crippen molar-refractivity contribution < 1.29 is 14.2 Å². The number of rotatable bonds is 10. The largest absolute Gasteiger partial charge is 0.382 e. The van der Waals surface area contributed by atoms with Gasteiger partial charge in [-0.25, -0.2) is 0 Å². The van der Waals surface area contributed by atoms with Crippen molar-refractivity contribution in [3.05, 3.63) is 0 Å². The van der Waals surface area contributed by atoms with Crippen LogP contribution in [0.4, 0.5) is 0 Å². The minimum Gasteiger partial charge on any atom is -0.382 e. The van der Waals surface area contributed by atoms with Gasteiger partial charge < -0.3 is 19.5 Å². The van der Waals surface area contributed by atoms with E-state index in [2.05, 4.69) is 12.2 Å². The topological polar surface area (TPSA) is 39.7 Å². The monoisotopic (exact) mass is 285 g/mol. The van der Waals surface area contributed by atoms with Crippen molar-refractivity contribution in [2.45, 2.75) is 57.1 Å². The highest BCUT2D eigenvalue weighted by molar-refractivity contribution is 4.92. The number of methoxy groups -OCH3 is 1. The van der Waals surface area contributed by atoms with Gasteiger partial charge >= 0.3 is 0 Å². The molecule has 0 aromatic heterocycles. The fourth-order valence-corrected chi connectivity index (χ4v) is 2.84. The molecule has 2 aliphatic rings. The summed E-state index contributed by atoms with van der Waals surface area (Å²) in [5, 5.41) is 3.66. The summed E-state index contributed by atoms with van der Waals surface area (Å²) in [5.41, 5.74) is 0.0553. The third kappa shape index (κ3) is 5.68. The van der Waals surface area contributed by atoms with Gasteiger partial charge in [0.15, 0.2) is 0 Å². The predicted molar refractivity (Wildman–Crippen MR) is 80.0 cm³/mol. The summed E-state index contributed by atoms with van der Waals surface area (Å²) in [7, 11) is 1.70. The van der Waals surface area contributed by atoms with Crippen LogP contribution in [0.3, 0.4) is 0 Å². The molecule has 4 nitrogen and oxygen atoms in total. The lowest BCUT2D eigenvalue weighted by molar-refractivity contribution is -0.0936. The van der Waals surface area contributed by atoms with Crippen LogP contribution in [0.1, 0.15) is 45.4 Å². The zero-order valence-corrected chi connectivity index (χ0v) is 13.2. The molecule has 4 heteroatoms. The Kier molecular flexibility index (Phi) is 6.75. The molecule has 0 heterocycles. The van der Waals surface area contributed by atoms with Crippen LogP contribution in [0.15, 0.2) is 0 Å². The molecular formula is C16H31NO3. The van der Waals surface area contributed by atoms with Crippen molar-refractivity contribution in [2.24, 2.45) is 5.92 Å². The highest BCUT2D eigenvalue weighted by atomic mass is 16.5. The molecule has 0 bridgehead atoms. The molecule has 0 unspecified atom stereocenters. The first kappa shape index (κ1) is 16.2. The Labute approximate surface area is 123 Å². The van der Waals surface area contributed by atoms with Crippen LogP contribution in [-0.2, 0) is 14.2 Å². The second-order valence-corrected chi connectivity index (χ2v) is 6.47. The van der Waals surface area contributed by atoms with Crippen LogP contribution in [0.2, 0.25) is 0 Å². The molecule has 118 valence electrons. The molecule has 0 saturated heterocycles. The summed E-state index contributed by atoms with van der Waals surface area (Å²) < 4.78 is 16.7. The summed E-state index contributed by atoms with van der Waals surface area (Å²) in [6.45, 7) is 6.05. The third-order valence-corrected chi connectivity index (χ3v) is 4.54. The standard InChI is InChI=1S/C16H31NO3/c1-14-5-7-16(8-6-14,13-17-15-3-4-15)20-12-11-19-10-9-18-2/h14-15,17H,3-13H2,1-2H3. The summed E-state index contributed by atoms with van der Waals surface area (Å²) in [6.07, 6.45) is 7.63. The first-order valence-corrected chi connectivity index (χ1v) is 8.18. The molecule has 2 fully saturated rings. The van der Waals surface area contributed by atoms with E-state index in [0.717, 1.165) is 18.5 Å². The summed E-state index contributed by atoms with van der Waals surface area (Å²) in [6, 6.07) is 0.757. The molecule has 2 aliphatic carbocycles. The molecule has 0 aromatic carbocycles. The van der Waals surface area contributed by atoms with Gasteiger partial charge in [-0.15, -0.1) is 0 Å². The van der Waals surface area contributed by atoms with Crippen LogP contribution < -0.4 is 5.32 Å². The van der Waals surface area contributed by atoms with Crippen molar-refractivity contribution in [3.63, 3.8) is 0 Å². The van der Waals surface area contributed by atoms with Gasteiger partial charge in [0.05, 0.1) is 32.0 Å². The van der Waals surface area contributed by atoms with Crippen molar-refractivity contribution >= 4 is 0 Å². The lowest BCUT2D eigenvalue weighted by Gasteiger charge is -2.39. The molecule has 2 saturated carbocycles. The van der Waals surface area contributed by atoms with Crippen molar-refractivity contribution in [2.75, 3.05) is 40.1 Å². The second kappa shape index (κ2) is 8.32. The summed E-state index contributed by atoms with van der Waals surface area (Å²) >= 11 is 0. The molecule has 0 aromatic rings. The second-order valence-electron chi connectivity index (χ2n) is 6.47. The number of nitrogens with one attached hydrogen (secondary N) is 1. The molecule has 0 spiro atoms. The van der Waals surface area contributed by atoms with E-state index < -0.39 is 0 Å². The average Bonchev–Trinajstić information content (AvgIpc) is 3.28. The Hall–Kier alpha value is -0.160. The van der Waals surface area contributed by atoms with E-state index in [1.807, 2.05) is 0 Å². The third-order valence-electron chi connectivity index (χ3n) is 4.54. The minimum atomic E-state index is 0.0553. The van der Waals surface area contributed by atoms with Crippen LogP contribution in [0, 0.1) is 5.92 Å². The highest BCUT2D eigenvalue weighted by Crippen LogP contribution is 2.35. The molecular weight excluding hydrogens is 254 g/mol. The van der Waals surface area contributed by atoms with Gasteiger partial charge in [-0.1, -0.05) is 6.92 Å². The maximum Gasteiger partial charge on any atom is 0.0807 e. The van der Waals surface area contributed by atoms with Gasteiger partial charge in [0.1, 0.15) is 0 Å². The first-order valence-electron chi connectivity index (χ1n) is 8.18. The molecule has 2 rings (SSSR count). The molecule has 0 atom stereocenters. The van der Waals surface area contributed by atoms with E-state index in [0.29, 0.717) is 26.4 Å². The van der Waals surface area contributed by atoms with Gasteiger partial charge in [0, 0.05) is 19.7 Å². The summed E-state index contributed by atoms with van der Waals surface area (Å²) in [4.78, 5) is 0. The van der Waals surface area contributed by atoms with Gasteiger partial charge in [-0.3, -0.25) is 0 Å².